The highest BCUT2D eigenvalue weighted by atomic mass is 16.5. The molecule has 23 heavy (non-hydrogen) atoms. The number of aryl methyl sites for hydroxylation is 1. The van der Waals surface area contributed by atoms with Crippen molar-refractivity contribution in [2.75, 3.05) is 38.7 Å². The molecule has 1 aliphatic heterocycles. The number of nitrogens with one attached hydrogen (secondary N) is 1. The minimum atomic E-state index is -0.911. The third-order valence-corrected chi connectivity index (χ3v) is 4.50. The summed E-state index contributed by atoms with van der Waals surface area (Å²) in [7, 11) is 1.56. The van der Waals surface area contributed by atoms with Crippen LogP contribution in [0.25, 0.3) is 0 Å². The number of carbonyl (C=O) groups excluding carboxylic acids is 2. The predicted molar refractivity (Wildman–Crippen MR) is 85.4 cm³/mol. The number of ether oxygens (including phenoxy) is 2. The number of hydrogen-bond donors (Lipinski definition) is 1. The van der Waals surface area contributed by atoms with Crippen molar-refractivity contribution < 1.29 is 19.1 Å². The lowest BCUT2D eigenvalue weighted by Gasteiger charge is -2.30. The van der Waals surface area contributed by atoms with Crippen molar-refractivity contribution >= 4 is 17.5 Å². The topological polar surface area (TPSA) is 67.9 Å². The Morgan fingerprint density at radius 2 is 1.96 bits per heavy atom. The Bertz CT molecular complexity index is 619. The number of morpholine rings is 1. The van der Waals surface area contributed by atoms with Crippen molar-refractivity contribution in [1.29, 1.82) is 0 Å². The molecule has 3 rings (SSSR count). The summed E-state index contributed by atoms with van der Waals surface area (Å²) in [6.45, 7) is 4.13. The molecule has 0 bridgehead atoms. The summed E-state index contributed by atoms with van der Waals surface area (Å²) in [6.07, 6.45) is 1.20. The van der Waals surface area contributed by atoms with Gasteiger partial charge in [-0.2, -0.15) is 0 Å². The highest BCUT2D eigenvalue weighted by Crippen LogP contribution is 2.48. The molecule has 2 aliphatic rings. The number of anilines is 1. The van der Waals surface area contributed by atoms with Gasteiger partial charge in [-0.15, -0.1) is 0 Å². The Balaban J connectivity index is 1.75. The van der Waals surface area contributed by atoms with E-state index in [-0.39, 0.29) is 11.8 Å². The molecule has 1 heterocycles. The zero-order valence-electron chi connectivity index (χ0n) is 13.6. The summed E-state index contributed by atoms with van der Waals surface area (Å²) in [5, 5.41) is 2.88. The minimum Gasteiger partial charge on any atom is -0.495 e. The Morgan fingerprint density at radius 1 is 1.26 bits per heavy atom. The van der Waals surface area contributed by atoms with Crippen LogP contribution in [0.5, 0.6) is 5.75 Å². The van der Waals surface area contributed by atoms with E-state index in [1.165, 1.54) is 0 Å². The fourth-order valence-electron chi connectivity index (χ4n) is 2.89. The lowest BCUT2D eigenvalue weighted by molar-refractivity contribution is -0.145. The highest BCUT2D eigenvalue weighted by Gasteiger charge is 2.58. The van der Waals surface area contributed by atoms with Crippen LogP contribution in [0.15, 0.2) is 18.2 Å². The van der Waals surface area contributed by atoms with E-state index in [9.17, 15) is 9.59 Å². The normalized spacial score (nSPS) is 19.1. The lowest BCUT2D eigenvalue weighted by atomic mass is 10.0. The standard InChI is InChI=1S/C17H22N2O4/c1-12-3-4-14(22-2)13(11-12)18-15(20)17(5-6-17)16(21)19-7-9-23-10-8-19/h3-4,11H,5-10H2,1-2H3,(H,18,20). The van der Waals surface area contributed by atoms with Crippen LogP contribution in [0.1, 0.15) is 18.4 Å². The van der Waals surface area contributed by atoms with Crippen molar-refractivity contribution in [2.24, 2.45) is 5.41 Å². The Kier molecular flexibility index (Phi) is 4.26. The van der Waals surface area contributed by atoms with Gasteiger partial charge in [-0.25, -0.2) is 0 Å². The highest BCUT2D eigenvalue weighted by molar-refractivity contribution is 6.13. The fourth-order valence-corrected chi connectivity index (χ4v) is 2.89. The second kappa shape index (κ2) is 6.20. The van der Waals surface area contributed by atoms with Gasteiger partial charge in [-0.3, -0.25) is 9.59 Å². The van der Waals surface area contributed by atoms with Crippen LogP contribution in [0.3, 0.4) is 0 Å². The number of benzene rings is 1. The Labute approximate surface area is 135 Å². The van der Waals surface area contributed by atoms with Crippen LogP contribution in [0, 0.1) is 12.3 Å². The van der Waals surface area contributed by atoms with Gasteiger partial charge >= 0.3 is 0 Å². The van der Waals surface area contributed by atoms with Gasteiger partial charge in [-0.1, -0.05) is 6.07 Å². The first-order valence-electron chi connectivity index (χ1n) is 7.90. The van der Waals surface area contributed by atoms with Gasteiger partial charge in [0.15, 0.2) is 0 Å². The average molecular weight is 318 g/mol. The molecule has 0 spiro atoms. The molecule has 1 aromatic rings. The molecule has 2 fully saturated rings. The van der Waals surface area contributed by atoms with E-state index in [4.69, 9.17) is 9.47 Å². The monoisotopic (exact) mass is 318 g/mol. The van der Waals surface area contributed by atoms with Crippen molar-refractivity contribution in [1.82, 2.24) is 4.90 Å². The van der Waals surface area contributed by atoms with Crippen LogP contribution >= 0.6 is 0 Å². The average Bonchev–Trinajstić information content (AvgIpc) is 3.37. The van der Waals surface area contributed by atoms with Crippen LogP contribution in [-0.2, 0) is 14.3 Å². The van der Waals surface area contributed by atoms with E-state index < -0.39 is 5.41 Å². The molecule has 0 unspecified atom stereocenters. The van der Waals surface area contributed by atoms with Crippen molar-refractivity contribution in [3.05, 3.63) is 23.8 Å². The third-order valence-electron chi connectivity index (χ3n) is 4.50. The van der Waals surface area contributed by atoms with Gasteiger partial charge in [-0.05, 0) is 37.5 Å². The van der Waals surface area contributed by atoms with E-state index in [1.54, 1.807) is 12.0 Å². The smallest absolute Gasteiger partial charge is 0.240 e. The van der Waals surface area contributed by atoms with E-state index in [1.807, 2.05) is 25.1 Å². The van der Waals surface area contributed by atoms with Crippen LogP contribution in [0.2, 0.25) is 0 Å². The number of amides is 2. The summed E-state index contributed by atoms with van der Waals surface area (Å²) in [6, 6.07) is 5.58. The molecule has 0 aromatic heterocycles. The molecule has 1 saturated heterocycles. The van der Waals surface area contributed by atoms with Gasteiger partial charge in [0.2, 0.25) is 11.8 Å². The predicted octanol–water partition coefficient (Wildman–Crippen LogP) is 1.58. The molecule has 0 radical (unpaired) electrons. The molecular weight excluding hydrogens is 296 g/mol. The van der Waals surface area contributed by atoms with Crippen molar-refractivity contribution in [3.8, 4) is 5.75 Å². The molecular formula is C17H22N2O4. The second-order valence-corrected chi connectivity index (χ2v) is 6.14. The molecule has 1 aromatic carbocycles. The van der Waals surface area contributed by atoms with Crippen molar-refractivity contribution in [2.45, 2.75) is 19.8 Å². The Hall–Kier alpha value is -2.08. The zero-order chi connectivity index (χ0) is 16.4. The van der Waals surface area contributed by atoms with Crippen LogP contribution in [-0.4, -0.2) is 50.1 Å². The van der Waals surface area contributed by atoms with Gasteiger partial charge in [0.05, 0.1) is 26.0 Å². The Morgan fingerprint density at radius 3 is 2.57 bits per heavy atom. The van der Waals surface area contributed by atoms with Gasteiger partial charge in [0.1, 0.15) is 11.2 Å². The summed E-state index contributed by atoms with van der Waals surface area (Å²) < 4.78 is 10.6. The van der Waals surface area contributed by atoms with Gasteiger partial charge < -0.3 is 19.7 Å². The molecule has 1 aliphatic carbocycles. The second-order valence-electron chi connectivity index (χ2n) is 6.14. The summed E-state index contributed by atoms with van der Waals surface area (Å²) in [5.41, 5.74) is 0.718. The molecule has 6 heteroatoms. The van der Waals surface area contributed by atoms with Crippen molar-refractivity contribution in [3.63, 3.8) is 0 Å². The molecule has 124 valence electrons. The van der Waals surface area contributed by atoms with E-state index >= 15 is 0 Å². The molecule has 6 nitrogen and oxygen atoms in total. The zero-order valence-corrected chi connectivity index (χ0v) is 13.6. The maximum atomic E-state index is 12.7. The largest absolute Gasteiger partial charge is 0.495 e. The van der Waals surface area contributed by atoms with Gasteiger partial charge in [0.25, 0.3) is 0 Å². The van der Waals surface area contributed by atoms with Crippen LogP contribution < -0.4 is 10.1 Å². The first kappa shape index (κ1) is 15.8. The fraction of sp³-hybridized carbons (Fsp3) is 0.529. The van der Waals surface area contributed by atoms with Crippen LogP contribution in [0.4, 0.5) is 5.69 Å². The SMILES string of the molecule is COc1ccc(C)cc1NC(=O)C1(C(=O)N2CCOCC2)CC1. The molecule has 1 saturated carbocycles. The lowest BCUT2D eigenvalue weighted by Crippen LogP contribution is -2.47. The third kappa shape index (κ3) is 3.03. The maximum Gasteiger partial charge on any atom is 0.240 e. The molecule has 1 N–H and O–H groups in total. The maximum absolute atomic E-state index is 12.7. The number of methoxy groups -OCH3 is 1. The van der Waals surface area contributed by atoms with E-state index in [0.717, 1.165) is 5.56 Å². The summed E-state index contributed by atoms with van der Waals surface area (Å²) in [4.78, 5) is 27.2. The quantitative estimate of drug-likeness (QED) is 0.856. The number of carbonyl (C=O) groups is 2. The first-order chi connectivity index (χ1) is 11.1. The number of nitrogens with zero attached hydrogens (tertiary/aromatic N) is 1. The van der Waals surface area contributed by atoms with E-state index in [0.29, 0.717) is 50.6 Å². The summed E-state index contributed by atoms with van der Waals surface area (Å²) >= 11 is 0. The number of rotatable bonds is 4. The molecule has 0 atom stereocenters. The summed E-state index contributed by atoms with van der Waals surface area (Å²) in [5.74, 6) is 0.279. The molecule has 2 amide bonds. The number of hydrogen-bond acceptors (Lipinski definition) is 4. The van der Waals surface area contributed by atoms with Gasteiger partial charge in [0, 0.05) is 13.1 Å². The first-order valence-corrected chi connectivity index (χ1v) is 7.90. The van der Waals surface area contributed by atoms with E-state index in [2.05, 4.69) is 5.32 Å². The minimum absolute atomic E-state index is 0.0788.